The largest absolute Gasteiger partial charge is 0.495 e. The van der Waals surface area contributed by atoms with Crippen molar-refractivity contribution >= 4 is 23.8 Å². The minimum absolute atomic E-state index is 0.0265. The summed E-state index contributed by atoms with van der Waals surface area (Å²) in [6.07, 6.45) is 1.73. The summed E-state index contributed by atoms with van der Waals surface area (Å²) in [7, 11) is 1.65. The van der Waals surface area contributed by atoms with Crippen molar-refractivity contribution < 1.29 is 9.53 Å². The van der Waals surface area contributed by atoms with Gasteiger partial charge in [0.2, 0.25) is 10.7 Å². The Morgan fingerprint density at radius 1 is 1.03 bits per heavy atom. The van der Waals surface area contributed by atoms with E-state index < -0.39 is 0 Å². The van der Waals surface area contributed by atoms with Gasteiger partial charge in [0.25, 0.3) is 0 Å². The molecular weight excluding hydrogens is 436 g/mol. The van der Waals surface area contributed by atoms with Crippen LogP contribution in [0.15, 0.2) is 48.8 Å². The Bertz CT molecular complexity index is 1160. The van der Waals surface area contributed by atoms with Crippen LogP contribution in [0, 0.1) is 18.6 Å². The molecule has 0 unspecified atom stereocenters. The van der Waals surface area contributed by atoms with E-state index in [-0.39, 0.29) is 5.91 Å². The maximum Gasteiger partial charge on any atom is 0.238 e. The van der Waals surface area contributed by atoms with E-state index in [1.54, 1.807) is 13.4 Å². The first-order valence-electron chi connectivity index (χ1n) is 11.0. The number of aromatic nitrogens is 3. The zero-order valence-corrected chi connectivity index (χ0v) is 20.1. The summed E-state index contributed by atoms with van der Waals surface area (Å²) in [6, 6.07) is 13.8. The number of benzene rings is 2. The summed E-state index contributed by atoms with van der Waals surface area (Å²) >= 11 is 5.66. The predicted octanol–water partition coefficient (Wildman–Crippen LogP) is 3.24. The van der Waals surface area contributed by atoms with Gasteiger partial charge < -0.3 is 10.1 Å². The Kier molecular flexibility index (Phi) is 7.22. The molecule has 4 rings (SSSR count). The molecule has 1 aliphatic heterocycles. The average Bonchev–Trinajstić information content (AvgIpc) is 3.17. The summed E-state index contributed by atoms with van der Waals surface area (Å²) in [5, 5.41) is 7.57. The van der Waals surface area contributed by atoms with E-state index >= 15 is 0 Å². The van der Waals surface area contributed by atoms with E-state index in [4.69, 9.17) is 17.0 Å². The molecule has 2 heterocycles. The molecular formula is C24H30N6O2S. The Hall–Kier alpha value is -3.01. The standard InChI is InChI=1S/C24H30N6O2S/c1-18-7-6-8-19(2)23(18)26-22(31)15-27-11-13-28(14-12-27)17-30-24(33)29(16-25-30)20-9-4-5-10-21(20)32-3/h4-10,16H,11-15,17H2,1-3H3,(H,26,31). The van der Waals surface area contributed by atoms with Gasteiger partial charge in [-0.2, -0.15) is 5.10 Å². The van der Waals surface area contributed by atoms with Crippen LogP contribution in [0.5, 0.6) is 5.75 Å². The molecule has 9 heteroatoms. The highest BCUT2D eigenvalue weighted by molar-refractivity contribution is 7.71. The van der Waals surface area contributed by atoms with Crippen LogP contribution < -0.4 is 10.1 Å². The van der Waals surface area contributed by atoms with Crippen LogP contribution in [-0.4, -0.2) is 69.9 Å². The summed E-state index contributed by atoms with van der Waals surface area (Å²) in [4.78, 5) is 17.1. The van der Waals surface area contributed by atoms with E-state index in [0.717, 1.165) is 54.4 Å². The van der Waals surface area contributed by atoms with E-state index in [2.05, 4.69) is 20.2 Å². The molecule has 2 aromatic carbocycles. The number of rotatable bonds is 7. The highest BCUT2D eigenvalue weighted by atomic mass is 32.1. The molecule has 0 radical (unpaired) electrons. The quantitative estimate of drug-likeness (QED) is 0.539. The van der Waals surface area contributed by atoms with Crippen molar-refractivity contribution in [2.45, 2.75) is 20.5 Å². The van der Waals surface area contributed by atoms with Gasteiger partial charge in [-0.15, -0.1) is 0 Å². The SMILES string of the molecule is COc1ccccc1-n1cnn(CN2CCN(CC(=O)Nc3c(C)cccc3C)CC2)c1=S. The molecule has 0 aliphatic carbocycles. The molecule has 0 atom stereocenters. The number of nitrogens with one attached hydrogen (secondary N) is 1. The van der Waals surface area contributed by atoms with Crippen LogP contribution >= 0.6 is 12.2 Å². The van der Waals surface area contributed by atoms with Gasteiger partial charge in [0.05, 0.1) is 26.0 Å². The second-order valence-electron chi connectivity index (χ2n) is 8.31. The van der Waals surface area contributed by atoms with Gasteiger partial charge >= 0.3 is 0 Å². The van der Waals surface area contributed by atoms with E-state index in [0.29, 0.717) is 18.0 Å². The lowest BCUT2D eigenvalue weighted by Gasteiger charge is -2.34. The zero-order chi connectivity index (χ0) is 23.4. The van der Waals surface area contributed by atoms with Gasteiger partial charge in [0.15, 0.2) is 0 Å². The fourth-order valence-corrected chi connectivity index (χ4v) is 4.35. The van der Waals surface area contributed by atoms with Crippen molar-refractivity contribution in [3.8, 4) is 11.4 Å². The third-order valence-corrected chi connectivity index (χ3v) is 6.40. The van der Waals surface area contributed by atoms with Crippen molar-refractivity contribution in [1.82, 2.24) is 24.1 Å². The Morgan fingerprint density at radius 2 is 1.70 bits per heavy atom. The maximum atomic E-state index is 12.6. The number of amides is 1. The lowest BCUT2D eigenvalue weighted by Crippen LogP contribution is -2.49. The molecule has 0 bridgehead atoms. The van der Waals surface area contributed by atoms with Gasteiger partial charge in [-0.25, -0.2) is 4.68 Å². The Morgan fingerprint density at radius 3 is 2.39 bits per heavy atom. The fourth-order valence-electron chi connectivity index (χ4n) is 4.10. The number of nitrogens with zero attached hydrogens (tertiary/aromatic N) is 5. The normalized spacial score (nSPS) is 14.9. The topological polar surface area (TPSA) is 67.6 Å². The third-order valence-electron chi connectivity index (χ3n) is 5.99. The number of methoxy groups -OCH3 is 1. The van der Waals surface area contributed by atoms with E-state index in [9.17, 15) is 4.79 Å². The highest BCUT2D eigenvalue weighted by Gasteiger charge is 2.20. The Balaban J connectivity index is 1.32. The molecule has 33 heavy (non-hydrogen) atoms. The van der Waals surface area contributed by atoms with Crippen LogP contribution in [0.4, 0.5) is 5.69 Å². The van der Waals surface area contributed by atoms with E-state index in [1.807, 2.05) is 65.6 Å². The van der Waals surface area contributed by atoms with Crippen molar-refractivity contribution in [1.29, 1.82) is 0 Å². The number of carbonyl (C=O) groups excluding carboxylic acids is 1. The number of piperazine rings is 1. The van der Waals surface area contributed by atoms with Crippen molar-refractivity contribution in [2.75, 3.05) is 45.2 Å². The number of para-hydroxylation sites is 3. The van der Waals surface area contributed by atoms with Gasteiger partial charge in [-0.1, -0.05) is 30.3 Å². The summed E-state index contributed by atoms with van der Waals surface area (Å²) in [5.41, 5.74) is 3.95. The van der Waals surface area contributed by atoms with E-state index in [1.165, 1.54) is 0 Å². The second-order valence-corrected chi connectivity index (χ2v) is 8.67. The summed E-state index contributed by atoms with van der Waals surface area (Å²) in [5.74, 6) is 0.777. The van der Waals surface area contributed by atoms with Crippen molar-refractivity contribution in [2.24, 2.45) is 0 Å². The first kappa shape index (κ1) is 23.2. The van der Waals surface area contributed by atoms with Crippen LogP contribution in [0.2, 0.25) is 0 Å². The fraction of sp³-hybridized carbons (Fsp3) is 0.375. The smallest absolute Gasteiger partial charge is 0.238 e. The molecule has 1 aromatic heterocycles. The molecule has 1 amide bonds. The third kappa shape index (κ3) is 5.32. The molecule has 174 valence electrons. The summed E-state index contributed by atoms with van der Waals surface area (Å²) in [6.45, 7) is 8.37. The van der Waals surface area contributed by atoms with Crippen LogP contribution in [0.25, 0.3) is 5.69 Å². The van der Waals surface area contributed by atoms with Crippen LogP contribution in [0.1, 0.15) is 11.1 Å². The minimum Gasteiger partial charge on any atom is -0.495 e. The molecule has 1 saturated heterocycles. The van der Waals surface area contributed by atoms with Crippen LogP contribution in [-0.2, 0) is 11.5 Å². The molecule has 1 N–H and O–H groups in total. The molecule has 3 aromatic rings. The van der Waals surface area contributed by atoms with Gasteiger partial charge in [0.1, 0.15) is 12.1 Å². The number of carbonyl (C=O) groups is 1. The number of hydrogen-bond donors (Lipinski definition) is 1. The van der Waals surface area contributed by atoms with Crippen LogP contribution in [0.3, 0.4) is 0 Å². The summed E-state index contributed by atoms with van der Waals surface area (Å²) < 4.78 is 9.76. The average molecular weight is 467 g/mol. The number of anilines is 1. The predicted molar refractivity (Wildman–Crippen MR) is 131 cm³/mol. The van der Waals surface area contributed by atoms with Gasteiger partial charge in [-0.3, -0.25) is 19.2 Å². The van der Waals surface area contributed by atoms with Crippen molar-refractivity contribution in [3.63, 3.8) is 0 Å². The molecule has 8 nitrogen and oxygen atoms in total. The van der Waals surface area contributed by atoms with Gasteiger partial charge in [-0.05, 0) is 49.3 Å². The molecule has 1 fully saturated rings. The maximum absolute atomic E-state index is 12.6. The second kappa shape index (κ2) is 10.3. The molecule has 1 aliphatic rings. The molecule has 0 spiro atoms. The number of ether oxygens (including phenoxy) is 1. The monoisotopic (exact) mass is 466 g/mol. The van der Waals surface area contributed by atoms with Crippen molar-refractivity contribution in [3.05, 3.63) is 64.7 Å². The lowest BCUT2D eigenvalue weighted by atomic mass is 10.1. The first-order valence-corrected chi connectivity index (χ1v) is 11.5. The lowest BCUT2D eigenvalue weighted by molar-refractivity contribution is -0.117. The first-order chi connectivity index (χ1) is 16.0. The number of aryl methyl sites for hydroxylation is 2. The number of hydrogen-bond acceptors (Lipinski definition) is 6. The Labute approximate surface area is 199 Å². The van der Waals surface area contributed by atoms with Gasteiger partial charge in [0, 0.05) is 31.9 Å². The zero-order valence-electron chi connectivity index (χ0n) is 19.3. The highest BCUT2D eigenvalue weighted by Crippen LogP contribution is 2.22. The minimum atomic E-state index is 0.0265. The molecule has 0 saturated carbocycles.